The third-order valence-corrected chi connectivity index (χ3v) is 3.93. The molecule has 1 aromatic rings. The Morgan fingerprint density at radius 1 is 1.47 bits per heavy atom. The molecule has 1 atom stereocenters. The zero-order chi connectivity index (χ0) is 13.5. The summed E-state index contributed by atoms with van der Waals surface area (Å²) in [5, 5.41) is 4.62. The first-order valence-electron chi connectivity index (χ1n) is 6.72. The van der Waals surface area contributed by atoms with Crippen LogP contribution in [-0.2, 0) is 0 Å². The molecule has 1 aromatic heterocycles. The van der Waals surface area contributed by atoms with Crippen molar-refractivity contribution in [2.45, 2.75) is 43.3 Å². The molecular formula is C13H20ClN3OS. The lowest BCUT2D eigenvalue weighted by Gasteiger charge is -2.23. The summed E-state index contributed by atoms with van der Waals surface area (Å²) in [6.07, 6.45) is 8.06. The van der Waals surface area contributed by atoms with Crippen LogP contribution in [0, 0.1) is 0 Å². The Morgan fingerprint density at radius 3 is 3.11 bits per heavy atom. The number of thioether (sulfide) groups is 1. The zero-order valence-corrected chi connectivity index (χ0v) is 12.8. The molecule has 0 radical (unpaired) electrons. The molecule has 0 bridgehead atoms. The summed E-state index contributed by atoms with van der Waals surface area (Å²) in [5.41, 5.74) is 0. The molecule has 106 valence electrons. The fourth-order valence-electron chi connectivity index (χ4n) is 2.22. The molecule has 1 aliphatic heterocycles. The van der Waals surface area contributed by atoms with Crippen molar-refractivity contribution in [2.24, 2.45) is 0 Å². The number of piperidine rings is 1. The van der Waals surface area contributed by atoms with Gasteiger partial charge in [0.1, 0.15) is 5.15 Å². The minimum Gasteiger partial charge on any atom is -0.478 e. The second kappa shape index (κ2) is 7.92. The van der Waals surface area contributed by atoms with Crippen LogP contribution in [-0.4, -0.2) is 35.4 Å². The third-order valence-electron chi connectivity index (χ3n) is 3.19. The van der Waals surface area contributed by atoms with Gasteiger partial charge in [-0.05, 0) is 38.5 Å². The summed E-state index contributed by atoms with van der Waals surface area (Å²) >= 11 is 7.37. The van der Waals surface area contributed by atoms with Crippen molar-refractivity contribution < 1.29 is 4.74 Å². The molecule has 0 unspecified atom stereocenters. The van der Waals surface area contributed by atoms with E-state index in [1.165, 1.54) is 31.0 Å². The highest BCUT2D eigenvalue weighted by molar-refractivity contribution is 7.98. The van der Waals surface area contributed by atoms with Crippen molar-refractivity contribution in [3.63, 3.8) is 0 Å². The van der Waals surface area contributed by atoms with Gasteiger partial charge >= 0.3 is 0 Å². The van der Waals surface area contributed by atoms with Crippen molar-refractivity contribution >= 4 is 23.4 Å². The average molecular weight is 302 g/mol. The summed E-state index contributed by atoms with van der Waals surface area (Å²) in [6.45, 7) is 1.84. The topological polar surface area (TPSA) is 47.0 Å². The number of nitrogens with one attached hydrogen (secondary N) is 1. The molecule has 0 aliphatic carbocycles. The van der Waals surface area contributed by atoms with E-state index >= 15 is 0 Å². The number of nitrogens with zero attached hydrogens (tertiary/aromatic N) is 2. The minimum absolute atomic E-state index is 0.434. The number of hydrogen-bond acceptors (Lipinski definition) is 5. The Kier molecular flexibility index (Phi) is 6.20. The van der Waals surface area contributed by atoms with Crippen LogP contribution in [0.2, 0.25) is 5.15 Å². The molecule has 4 nitrogen and oxygen atoms in total. The van der Waals surface area contributed by atoms with Crippen LogP contribution in [0.5, 0.6) is 5.88 Å². The maximum absolute atomic E-state index is 5.91. The largest absolute Gasteiger partial charge is 0.478 e. The molecule has 2 rings (SSSR count). The van der Waals surface area contributed by atoms with Gasteiger partial charge in [0, 0.05) is 12.1 Å². The quantitative estimate of drug-likeness (QED) is 0.378. The molecule has 1 aliphatic rings. The normalized spacial score (nSPS) is 19.4. The first-order valence-corrected chi connectivity index (χ1v) is 8.33. The Balaban J connectivity index is 1.71. The van der Waals surface area contributed by atoms with Crippen LogP contribution >= 0.6 is 23.4 Å². The standard InChI is InChI=1S/C13H20ClN3OS/c1-19-13-16-11(14)9-12(17-13)18-8-4-6-10-5-2-3-7-15-10/h9-10,15H,2-8H2,1H3/t10-/m1/s1. The van der Waals surface area contributed by atoms with Gasteiger partial charge in [0.25, 0.3) is 0 Å². The Labute approximate surface area is 123 Å². The van der Waals surface area contributed by atoms with E-state index in [2.05, 4.69) is 15.3 Å². The fraction of sp³-hybridized carbons (Fsp3) is 0.692. The minimum atomic E-state index is 0.434. The smallest absolute Gasteiger partial charge is 0.218 e. The second-order valence-electron chi connectivity index (χ2n) is 4.65. The van der Waals surface area contributed by atoms with Gasteiger partial charge in [-0.2, -0.15) is 4.98 Å². The molecule has 0 amide bonds. The SMILES string of the molecule is CSc1nc(Cl)cc(OCCC[C@H]2CCCCN2)n1. The van der Waals surface area contributed by atoms with E-state index in [1.54, 1.807) is 6.07 Å². The van der Waals surface area contributed by atoms with Crippen molar-refractivity contribution in [1.82, 2.24) is 15.3 Å². The number of ether oxygens (including phenoxy) is 1. The average Bonchev–Trinajstić information content (AvgIpc) is 2.44. The lowest BCUT2D eigenvalue weighted by molar-refractivity contribution is 0.274. The van der Waals surface area contributed by atoms with Crippen molar-refractivity contribution in [3.8, 4) is 5.88 Å². The molecule has 0 spiro atoms. The Bertz CT molecular complexity index is 399. The number of aromatic nitrogens is 2. The molecule has 1 N–H and O–H groups in total. The molecule has 6 heteroatoms. The molecular weight excluding hydrogens is 282 g/mol. The van der Waals surface area contributed by atoms with Crippen LogP contribution in [0.1, 0.15) is 32.1 Å². The van der Waals surface area contributed by atoms with E-state index in [4.69, 9.17) is 16.3 Å². The highest BCUT2D eigenvalue weighted by atomic mass is 35.5. The van der Waals surface area contributed by atoms with E-state index < -0.39 is 0 Å². The van der Waals surface area contributed by atoms with E-state index in [0.717, 1.165) is 19.4 Å². The van der Waals surface area contributed by atoms with Gasteiger partial charge in [0.15, 0.2) is 5.16 Å². The van der Waals surface area contributed by atoms with Crippen LogP contribution < -0.4 is 10.1 Å². The van der Waals surface area contributed by atoms with Crippen LogP contribution in [0.4, 0.5) is 0 Å². The molecule has 19 heavy (non-hydrogen) atoms. The van der Waals surface area contributed by atoms with Crippen LogP contribution in [0.3, 0.4) is 0 Å². The molecule has 2 heterocycles. The molecule has 1 saturated heterocycles. The van der Waals surface area contributed by atoms with Gasteiger partial charge < -0.3 is 10.1 Å². The number of rotatable bonds is 6. The van der Waals surface area contributed by atoms with E-state index in [-0.39, 0.29) is 0 Å². The summed E-state index contributed by atoms with van der Waals surface area (Å²) in [4.78, 5) is 8.35. The Hall–Kier alpha value is -0.520. The summed E-state index contributed by atoms with van der Waals surface area (Å²) in [7, 11) is 0. The maximum Gasteiger partial charge on any atom is 0.218 e. The predicted molar refractivity (Wildman–Crippen MR) is 79.2 cm³/mol. The van der Waals surface area contributed by atoms with Crippen molar-refractivity contribution in [1.29, 1.82) is 0 Å². The maximum atomic E-state index is 5.91. The monoisotopic (exact) mass is 301 g/mol. The third kappa shape index (κ3) is 5.16. The molecule has 1 fully saturated rings. The van der Waals surface area contributed by atoms with E-state index in [1.807, 2.05) is 6.26 Å². The van der Waals surface area contributed by atoms with Crippen LogP contribution in [0.25, 0.3) is 0 Å². The van der Waals surface area contributed by atoms with Gasteiger partial charge in [0.05, 0.1) is 6.61 Å². The fourth-order valence-corrected chi connectivity index (χ4v) is 2.81. The molecule has 0 saturated carbocycles. The van der Waals surface area contributed by atoms with Crippen molar-refractivity contribution in [3.05, 3.63) is 11.2 Å². The zero-order valence-electron chi connectivity index (χ0n) is 11.2. The Morgan fingerprint density at radius 2 is 2.37 bits per heavy atom. The van der Waals surface area contributed by atoms with E-state index in [9.17, 15) is 0 Å². The lowest BCUT2D eigenvalue weighted by atomic mass is 10.0. The van der Waals surface area contributed by atoms with Gasteiger partial charge in [-0.3, -0.25) is 0 Å². The first kappa shape index (κ1) is 14.9. The molecule has 0 aromatic carbocycles. The highest BCUT2D eigenvalue weighted by Gasteiger charge is 2.11. The lowest BCUT2D eigenvalue weighted by Crippen LogP contribution is -2.34. The van der Waals surface area contributed by atoms with Gasteiger partial charge in [-0.25, -0.2) is 4.98 Å². The summed E-state index contributed by atoms with van der Waals surface area (Å²) in [6, 6.07) is 2.33. The first-order chi connectivity index (χ1) is 9.28. The van der Waals surface area contributed by atoms with Crippen molar-refractivity contribution in [2.75, 3.05) is 19.4 Å². The number of halogens is 1. The summed E-state index contributed by atoms with van der Waals surface area (Å²) in [5.74, 6) is 0.570. The number of hydrogen-bond donors (Lipinski definition) is 1. The van der Waals surface area contributed by atoms with Crippen LogP contribution in [0.15, 0.2) is 11.2 Å². The predicted octanol–water partition coefficient (Wildman–Crippen LogP) is 3.15. The van der Waals surface area contributed by atoms with Gasteiger partial charge in [-0.15, -0.1) is 0 Å². The van der Waals surface area contributed by atoms with Gasteiger partial charge in [-0.1, -0.05) is 29.8 Å². The van der Waals surface area contributed by atoms with E-state index in [0.29, 0.717) is 28.8 Å². The summed E-state index contributed by atoms with van der Waals surface area (Å²) < 4.78 is 5.64. The second-order valence-corrected chi connectivity index (χ2v) is 5.81. The highest BCUT2D eigenvalue weighted by Crippen LogP contribution is 2.19. The van der Waals surface area contributed by atoms with Gasteiger partial charge in [0.2, 0.25) is 5.88 Å².